The number of nitrogens with one attached hydrogen (secondary N) is 1. The van der Waals surface area contributed by atoms with Crippen LogP contribution < -0.4 is 10.2 Å². The fourth-order valence-corrected chi connectivity index (χ4v) is 6.71. The highest BCUT2D eigenvalue weighted by atomic mass is 19.4. The number of ether oxygens (including phenoxy) is 1. The summed E-state index contributed by atoms with van der Waals surface area (Å²) in [6.45, 7) is 1.38. The summed E-state index contributed by atoms with van der Waals surface area (Å²) in [4.78, 5) is 15.0. The monoisotopic (exact) mass is 537 g/mol. The van der Waals surface area contributed by atoms with Crippen molar-refractivity contribution in [1.29, 1.82) is 0 Å². The molecule has 0 spiro atoms. The van der Waals surface area contributed by atoms with Crippen molar-refractivity contribution in [2.45, 2.75) is 50.5 Å². The Labute approximate surface area is 224 Å². The summed E-state index contributed by atoms with van der Waals surface area (Å²) in [5.74, 6) is 2.04. The molecule has 4 aliphatic rings. The third-order valence-corrected chi connectivity index (χ3v) is 8.95. The first kappa shape index (κ1) is 24.8. The second-order valence-electron chi connectivity index (χ2n) is 11.5. The number of hydrogen-bond acceptors (Lipinski definition) is 5. The molecule has 1 saturated heterocycles. The van der Waals surface area contributed by atoms with Gasteiger partial charge in [-0.05, 0) is 72.1 Å². The number of anilines is 1. The molecule has 2 aliphatic carbocycles. The van der Waals surface area contributed by atoms with Gasteiger partial charge in [0.2, 0.25) is 0 Å². The van der Waals surface area contributed by atoms with Crippen LogP contribution >= 0.6 is 0 Å². The van der Waals surface area contributed by atoms with E-state index in [0.29, 0.717) is 37.1 Å². The van der Waals surface area contributed by atoms with Crippen molar-refractivity contribution in [3.63, 3.8) is 0 Å². The van der Waals surface area contributed by atoms with Gasteiger partial charge in [-0.25, -0.2) is 0 Å². The number of aryl methyl sites for hydroxylation is 1. The lowest BCUT2D eigenvalue weighted by Crippen LogP contribution is -2.35. The molecule has 3 aromatic rings. The molecule has 4 atom stereocenters. The molecule has 1 unspecified atom stereocenters. The van der Waals surface area contributed by atoms with Crippen LogP contribution in [-0.4, -0.2) is 39.9 Å². The summed E-state index contributed by atoms with van der Waals surface area (Å²) in [5, 5.41) is 11.8. The SMILES string of the molecule is Cn1cnnc1[C@@H](c1cccc(N2Cc3c(cc(CNC4C[C@@H]5C[C@@H]5C4)cc3C(F)(F)F)C2=O)c1)C1COC1. The van der Waals surface area contributed by atoms with Gasteiger partial charge in [0.05, 0.1) is 31.2 Å². The van der Waals surface area contributed by atoms with Crippen LogP contribution in [0.2, 0.25) is 0 Å². The van der Waals surface area contributed by atoms with Gasteiger partial charge >= 0.3 is 6.18 Å². The van der Waals surface area contributed by atoms with Gasteiger partial charge in [-0.1, -0.05) is 12.1 Å². The van der Waals surface area contributed by atoms with E-state index in [4.69, 9.17) is 4.74 Å². The highest BCUT2D eigenvalue weighted by Crippen LogP contribution is 2.51. The second kappa shape index (κ2) is 9.16. The quantitative estimate of drug-likeness (QED) is 0.475. The Hall–Kier alpha value is -3.24. The minimum Gasteiger partial charge on any atom is -0.381 e. The van der Waals surface area contributed by atoms with E-state index in [1.807, 2.05) is 29.8 Å². The molecule has 2 saturated carbocycles. The highest BCUT2D eigenvalue weighted by molar-refractivity contribution is 6.10. The number of aromatic nitrogens is 3. The van der Waals surface area contributed by atoms with Gasteiger partial charge in [0.1, 0.15) is 12.2 Å². The fourth-order valence-electron chi connectivity index (χ4n) is 6.71. The van der Waals surface area contributed by atoms with E-state index >= 15 is 0 Å². The van der Waals surface area contributed by atoms with E-state index in [9.17, 15) is 18.0 Å². The Bertz CT molecular complexity index is 1420. The van der Waals surface area contributed by atoms with Crippen LogP contribution in [0, 0.1) is 17.8 Å². The number of fused-ring (bicyclic) bond motifs is 2. The molecule has 10 heteroatoms. The number of nitrogens with zero attached hydrogens (tertiary/aromatic N) is 4. The standard InChI is InChI=1S/C29H30F3N5O2/c1-36-15-34-35-27(36)26(20-13-39-14-20)17-3-2-4-22(10-17)37-12-24-23(28(37)38)5-16(6-25(24)29(30,31)32)11-33-21-8-18-7-19(18)9-21/h2-6,10,15,18-21,26,33H,7-9,11-14H2,1H3/t18-,19+,21?,26-/m0/s1. The number of hydrogen-bond donors (Lipinski definition) is 1. The predicted molar refractivity (Wildman–Crippen MR) is 137 cm³/mol. The summed E-state index contributed by atoms with van der Waals surface area (Å²) in [7, 11) is 1.88. The van der Waals surface area contributed by atoms with Crippen LogP contribution in [0.1, 0.15) is 63.6 Å². The van der Waals surface area contributed by atoms with Crippen molar-refractivity contribution in [2.24, 2.45) is 24.8 Å². The minimum absolute atomic E-state index is 0.0426. The third-order valence-electron chi connectivity index (χ3n) is 8.95. The van der Waals surface area contributed by atoms with Crippen LogP contribution in [0.5, 0.6) is 0 Å². The van der Waals surface area contributed by atoms with Gasteiger partial charge in [0, 0.05) is 36.8 Å². The zero-order valence-electron chi connectivity index (χ0n) is 21.6. The predicted octanol–water partition coefficient (Wildman–Crippen LogP) is 4.66. The van der Waals surface area contributed by atoms with Crippen LogP contribution in [0.4, 0.5) is 18.9 Å². The van der Waals surface area contributed by atoms with E-state index in [2.05, 4.69) is 15.5 Å². The summed E-state index contributed by atoms with van der Waals surface area (Å²) >= 11 is 0. The van der Waals surface area contributed by atoms with Gasteiger partial charge in [-0.15, -0.1) is 10.2 Å². The molecule has 2 aromatic carbocycles. The number of amides is 1. The Kier molecular flexibility index (Phi) is 5.82. The van der Waals surface area contributed by atoms with Crippen molar-refractivity contribution in [3.05, 3.63) is 76.4 Å². The highest BCUT2D eigenvalue weighted by Gasteiger charge is 2.46. The molecule has 1 N–H and O–H groups in total. The van der Waals surface area contributed by atoms with E-state index < -0.39 is 17.6 Å². The topological polar surface area (TPSA) is 72.3 Å². The van der Waals surface area contributed by atoms with Crippen molar-refractivity contribution >= 4 is 11.6 Å². The number of benzene rings is 2. The molecule has 39 heavy (non-hydrogen) atoms. The van der Waals surface area contributed by atoms with Crippen LogP contribution in [0.25, 0.3) is 0 Å². The van der Waals surface area contributed by atoms with Gasteiger partial charge in [-0.2, -0.15) is 13.2 Å². The zero-order chi connectivity index (χ0) is 26.9. The first-order chi connectivity index (χ1) is 18.8. The molecule has 7 rings (SSSR count). The lowest BCUT2D eigenvalue weighted by Gasteiger charge is -2.33. The van der Waals surface area contributed by atoms with E-state index in [1.165, 1.54) is 17.4 Å². The van der Waals surface area contributed by atoms with Crippen molar-refractivity contribution in [3.8, 4) is 0 Å². The first-order valence-electron chi connectivity index (χ1n) is 13.6. The van der Waals surface area contributed by atoms with Crippen LogP contribution in [0.3, 0.4) is 0 Å². The fraction of sp³-hybridized carbons (Fsp3) is 0.483. The van der Waals surface area contributed by atoms with Crippen molar-refractivity contribution < 1.29 is 22.7 Å². The zero-order valence-corrected chi connectivity index (χ0v) is 21.6. The molecule has 1 aromatic heterocycles. The molecule has 0 bridgehead atoms. The number of halogens is 3. The van der Waals surface area contributed by atoms with Crippen molar-refractivity contribution in [2.75, 3.05) is 18.1 Å². The molecule has 3 heterocycles. The summed E-state index contributed by atoms with van der Waals surface area (Å²) in [5.41, 5.74) is 1.45. The van der Waals surface area contributed by atoms with Crippen LogP contribution in [-0.2, 0) is 31.1 Å². The lowest BCUT2D eigenvalue weighted by atomic mass is 9.83. The summed E-state index contributed by atoms with van der Waals surface area (Å²) in [6, 6.07) is 10.7. The molecular weight excluding hydrogens is 507 g/mol. The number of rotatable bonds is 7. The first-order valence-corrected chi connectivity index (χ1v) is 13.6. The Balaban J connectivity index is 1.18. The molecule has 2 aliphatic heterocycles. The minimum atomic E-state index is -4.55. The molecule has 3 fully saturated rings. The van der Waals surface area contributed by atoms with Crippen LogP contribution in [0.15, 0.2) is 42.7 Å². The molecule has 0 radical (unpaired) electrons. The lowest BCUT2D eigenvalue weighted by molar-refractivity contribution is -0.138. The Morgan fingerprint density at radius 2 is 1.92 bits per heavy atom. The smallest absolute Gasteiger partial charge is 0.381 e. The van der Waals surface area contributed by atoms with Gasteiger partial charge < -0.3 is 19.5 Å². The average Bonchev–Trinajstić information content (AvgIpc) is 3.16. The molecular formula is C29H30F3N5O2. The van der Waals surface area contributed by atoms with E-state index in [-0.39, 0.29) is 29.5 Å². The van der Waals surface area contributed by atoms with E-state index in [0.717, 1.165) is 36.1 Å². The molecule has 204 valence electrons. The summed E-state index contributed by atoms with van der Waals surface area (Å²) in [6.07, 6.45) is 0.565. The average molecular weight is 538 g/mol. The number of carbonyl (C=O) groups excluding carboxylic acids is 1. The van der Waals surface area contributed by atoms with Gasteiger partial charge in [-0.3, -0.25) is 4.79 Å². The van der Waals surface area contributed by atoms with Gasteiger partial charge in [0.15, 0.2) is 0 Å². The maximum Gasteiger partial charge on any atom is 0.416 e. The third kappa shape index (κ3) is 4.43. The Morgan fingerprint density at radius 3 is 2.59 bits per heavy atom. The van der Waals surface area contributed by atoms with E-state index in [1.54, 1.807) is 18.5 Å². The maximum atomic E-state index is 14.2. The maximum absolute atomic E-state index is 14.2. The summed E-state index contributed by atoms with van der Waals surface area (Å²) < 4.78 is 49.9. The number of alkyl halides is 3. The van der Waals surface area contributed by atoms with Gasteiger partial charge in [0.25, 0.3) is 5.91 Å². The largest absolute Gasteiger partial charge is 0.416 e. The van der Waals surface area contributed by atoms with Crippen molar-refractivity contribution in [1.82, 2.24) is 20.1 Å². The second-order valence-corrected chi connectivity index (χ2v) is 11.5. The normalized spacial score (nSPS) is 25.0. The number of carbonyl (C=O) groups is 1. The molecule has 7 nitrogen and oxygen atoms in total. The molecule has 1 amide bonds. The Morgan fingerprint density at radius 1 is 1.13 bits per heavy atom.